The van der Waals surface area contributed by atoms with Gasteiger partial charge in [0.25, 0.3) is 0 Å². The Balaban J connectivity index is 0.00000180. The fourth-order valence-corrected chi connectivity index (χ4v) is 3.57. The number of thiophene rings is 1. The van der Waals surface area contributed by atoms with Crippen LogP contribution in [0.2, 0.25) is 0 Å². The summed E-state index contributed by atoms with van der Waals surface area (Å²) in [6.45, 7) is 10.5. The van der Waals surface area contributed by atoms with Gasteiger partial charge in [0, 0.05) is 22.3 Å². The van der Waals surface area contributed by atoms with Crippen molar-refractivity contribution in [1.29, 1.82) is 0 Å². The van der Waals surface area contributed by atoms with Gasteiger partial charge in [-0.2, -0.15) is 0 Å². The quantitative estimate of drug-likeness (QED) is 0.917. The molecule has 0 aromatic carbocycles. The van der Waals surface area contributed by atoms with Crippen LogP contribution in [0.4, 0.5) is 0 Å². The third-order valence-corrected chi connectivity index (χ3v) is 5.27. The van der Waals surface area contributed by atoms with Crippen LogP contribution in [0.15, 0.2) is 12.1 Å². The van der Waals surface area contributed by atoms with Gasteiger partial charge in [-0.3, -0.25) is 4.90 Å². The second-order valence-corrected chi connectivity index (χ2v) is 7.52. The first kappa shape index (κ1) is 17.0. The van der Waals surface area contributed by atoms with Crippen molar-refractivity contribution >= 4 is 23.7 Å². The number of hydrogen-bond donors (Lipinski definition) is 1. The van der Waals surface area contributed by atoms with Crippen LogP contribution in [-0.2, 0) is 12.0 Å². The molecule has 110 valence electrons. The van der Waals surface area contributed by atoms with E-state index in [2.05, 4.69) is 50.2 Å². The molecule has 1 aromatic rings. The first-order chi connectivity index (χ1) is 8.49. The van der Waals surface area contributed by atoms with Crippen LogP contribution in [-0.4, -0.2) is 31.1 Å². The molecule has 0 saturated carbocycles. The monoisotopic (exact) mass is 302 g/mol. The molecular formula is C15H27ClN2S. The zero-order valence-electron chi connectivity index (χ0n) is 12.5. The molecule has 19 heavy (non-hydrogen) atoms. The van der Waals surface area contributed by atoms with Crippen molar-refractivity contribution in [3.63, 3.8) is 0 Å². The molecule has 0 atom stereocenters. The van der Waals surface area contributed by atoms with Crippen molar-refractivity contribution in [1.82, 2.24) is 10.2 Å². The van der Waals surface area contributed by atoms with E-state index < -0.39 is 0 Å². The Morgan fingerprint density at radius 3 is 2.37 bits per heavy atom. The molecule has 2 rings (SSSR count). The number of halogens is 1. The highest BCUT2D eigenvalue weighted by atomic mass is 35.5. The number of piperidine rings is 1. The van der Waals surface area contributed by atoms with E-state index in [1.165, 1.54) is 35.7 Å². The Hall–Kier alpha value is -0.0900. The summed E-state index contributed by atoms with van der Waals surface area (Å²) in [7, 11) is 2.08. The minimum atomic E-state index is 0. The van der Waals surface area contributed by atoms with Crippen LogP contribution < -0.4 is 5.32 Å². The maximum Gasteiger partial charge on any atom is 0.0328 e. The van der Waals surface area contributed by atoms with E-state index in [0.29, 0.717) is 5.41 Å². The molecule has 0 aliphatic carbocycles. The van der Waals surface area contributed by atoms with Crippen molar-refractivity contribution < 1.29 is 0 Å². The first-order valence-electron chi connectivity index (χ1n) is 6.98. The Labute approximate surface area is 128 Å². The van der Waals surface area contributed by atoms with Crippen LogP contribution >= 0.6 is 23.7 Å². The number of nitrogens with one attached hydrogen (secondary N) is 1. The number of rotatable bonds is 3. The van der Waals surface area contributed by atoms with E-state index in [9.17, 15) is 0 Å². The Morgan fingerprint density at radius 2 is 1.89 bits per heavy atom. The predicted octanol–water partition coefficient (Wildman–Crippen LogP) is 3.65. The van der Waals surface area contributed by atoms with Gasteiger partial charge < -0.3 is 5.32 Å². The van der Waals surface area contributed by atoms with Gasteiger partial charge in [0.2, 0.25) is 0 Å². The van der Waals surface area contributed by atoms with Gasteiger partial charge in [-0.05, 0) is 50.5 Å². The second-order valence-electron chi connectivity index (χ2n) is 6.36. The van der Waals surface area contributed by atoms with E-state index in [1.807, 2.05) is 11.3 Å². The molecule has 1 aromatic heterocycles. The van der Waals surface area contributed by atoms with Crippen LogP contribution in [0.5, 0.6) is 0 Å². The van der Waals surface area contributed by atoms with Gasteiger partial charge in [0.15, 0.2) is 0 Å². The zero-order chi connectivity index (χ0) is 13.2. The molecule has 1 saturated heterocycles. The van der Waals surface area contributed by atoms with Crippen LogP contribution in [0.3, 0.4) is 0 Å². The molecule has 1 fully saturated rings. The standard InChI is InChI=1S/C15H26N2S.ClH/c1-15(2,3)14-6-5-13(18-14)11-17-9-7-12(16-4)8-10-17;/h5-6,12,16H,7-11H2,1-4H3;1H. The minimum Gasteiger partial charge on any atom is -0.317 e. The molecule has 0 spiro atoms. The van der Waals surface area contributed by atoms with E-state index in [4.69, 9.17) is 0 Å². The van der Waals surface area contributed by atoms with Gasteiger partial charge in [-0.15, -0.1) is 23.7 Å². The largest absolute Gasteiger partial charge is 0.317 e. The SMILES string of the molecule is CNC1CCN(Cc2ccc(C(C)(C)C)s2)CC1.Cl. The van der Waals surface area contributed by atoms with Crippen LogP contribution in [0.1, 0.15) is 43.4 Å². The first-order valence-corrected chi connectivity index (χ1v) is 7.79. The Kier molecular flexibility index (Phi) is 6.31. The third-order valence-electron chi connectivity index (χ3n) is 3.78. The van der Waals surface area contributed by atoms with Gasteiger partial charge in [0.1, 0.15) is 0 Å². The molecule has 1 aliphatic rings. The summed E-state index contributed by atoms with van der Waals surface area (Å²) in [5.41, 5.74) is 0.294. The summed E-state index contributed by atoms with van der Waals surface area (Å²) in [5.74, 6) is 0. The highest BCUT2D eigenvalue weighted by Gasteiger charge is 2.20. The van der Waals surface area contributed by atoms with Crippen LogP contribution in [0.25, 0.3) is 0 Å². The van der Waals surface area contributed by atoms with E-state index >= 15 is 0 Å². The number of hydrogen-bond acceptors (Lipinski definition) is 3. The van der Waals surface area contributed by atoms with Gasteiger partial charge in [-0.1, -0.05) is 20.8 Å². The van der Waals surface area contributed by atoms with Crippen molar-refractivity contribution in [2.75, 3.05) is 20.1 Å². The van der Waals surface area contributed by atoms with Crippen molar-refractivity contribution in [2.45, 2.75) is 51.6 Å². The summed E-state index contributed by atoms with van der Waals surface area (Å²) in [6.07, 6.45) is 2.57. The average molecular weight is 303 g/mol. The lowest BCUT2D eigenvalue weighted by atomic mass is 9.95. The Morgan fingerprint density at radius 1 is 1.26 bits per heavy atom. The minimum absolute atomic E-state index is 0. The summed E-state index contributed by atoms with van der Waals surface area (Å²) >= 11 is 1.98. The highest BCUT2D eigenvalue weighted by molar-refractivity contribution is 7.12. The molecule has 0 bridgehead atoms. The molecule has 2 nitrogen and oxygen atoms in total. The lowest BCUT2D eigenvalue weighted by Crippen LogP contribution is -2.40. The molecule has 0 amide bonds. The summed E-state index contributed by atoms with van der Waals surface area (Å²) in [6, 6.07) is 5.35. The van der Waals surface area contributed by atoms with Gasteiger partial charge in [0.05, 0.1) is 0 Å². The van der Waals surface area contributed by atoms with E-state index in [0.717, 1.165) is 12.6 Å². The van der Waals surface area contributed by atoms with E-state index in [1.54, 1.807) is 0 Å². The summed E-state index contributed by atoms with van der Waals surface area (Å²) < 4.78 is 0. The second kappa shape index (κ2) is 7.07. The molecule has 1 aliphatic heterocycles. The highest BCUT2D eigenvalue weighted by Crippen LogP contribution is 2.30. The summed E-state index contributed by atoms with van der Waals surface area (Å²) in [4.78, 5) is 5.61. The number of likely N-dealkylation sites (tertiary alicyclic amines) is 1. The van der Waals surface area contributed by atoms with Crippen molar-refractivity contribution in [3.05, 3.63) is 21.9 Å². The van der Waals surface area contributed by atoms with E-state index in [-0.39, 0.29) is 12.4 Å². The topological polar surface area (TPSA) is 15.3 Å². The maximum absolute atomic E-state index is 3.39. The molecule has 4 heteroatoms. The normalized spacial score (nSPS) is 18.3. The maximum atomic E-state index is 3.39. The smallest absolute Gasteiger partial charge is 0.0328 e. The van der Waals surface area contributed by atoms with Crippen LogP contribution in [0, 0.1) is 0 Å². The molecular weight excluding hydrogens is 276 g/mol. The Bertz CT molecular complexity index is 376. The average Bonchev–Trinajstić information content (AvgIpc) is 2.78. The van der Waals surface area contributed by atoms with Crippen molar-refractivity contribution in [3.8, 4) is 0 Å². The molecule has 0 unspecified atom stereocenters. The zero-order valence-corrected chi connectivity index (χ0v) is 14.2. The van der Waals surface area contributed by atoms with Gasteiger partial charge in [-0.25, -0.2) is 0 Å². The molecule has 1 N–H and O–H groups in total. The summed E-state index contributed by atoms with van der Waals surface area (Å²) in [5, 5.41) is 3.39. The van der Waals surface area contributed by atoms with Crippen molar-refractivity contribution in [2.24, 2.45) is 0 Å². The fraction of sp³-hybridized carbons (Fsp3) is 0.733. The lowest BCUT2D eigenvalue weighted by Gasteiger charge is -2.31. The molecule has 2 heterocycles. The fourth-order valence-electron chi connectivity index (χ4n) is 2.47. The van der Waals surface area contributed by atoms with Gasteiger partial charge >= 0.3 is 0 Å². The lowest BCUT2D eigenvalue weighted by molar-refractivity contribution is 0.196. The number of nitrogens with zero attached hydrogens (tertiary/aromatic N) is 1. The molecule has 0 radical (unpaired) electrons. The predicted molar refractivity (Wildman–Crippen MR) is 87.6 cm³/mol. The third kappa shape index (κ3) is 4.75.